The number of hydrogen-bond acceptors (Lipinski definition) is 2. The predicted octanol–water partition coefficient (Wildman–Crippen LogP) is 5.37. The fraction of sp³-hybridized carbons (Fsp3) is 0.261. The van der Waals surface area contributed by atoms with E-state index in [1.807, 2.05) is 12.4 Å². The average molecular weight is 343 g/mol. The lowest BCUT2D eigenvalue weighted by Crippen LogP contribution is -2.40. The molecule has 0 amide bonds. The van der Waals surface area contributed by atoms with Crippen LogP contribution in [0.1, 0.15) is 32.3 Å². The highest BCUT2D eigenvalue weighted by molar-refractivity contribution is 5.92. The maximum absolute atomic E-state index is 4.37. The van der Waals surface area contributed by atoms with Gasteiger partial charge in [0.25, 0.3) is 0 Å². The molecule has 0 unspecified atom stereocenters. The molecule has 3 heteroatoms. The quantitative estimate of drug-likeness (QED) is 0.653. The zero-order valence-corrected chi connectivity index (χ0v) is 15.4. The van der Waals surface area contributed by atoms with E-state index in [1.165, 1.54) is 22.3 Å². The number of rotatable bonds is 5. The fourth-order valence-corrected chi connectivity index (χ4v) is 3.52. The van der Waals surface area contributed by atoms with Gasteiger partial charge in [-0.05, 0) is 61.1 Å². The lowest BCUT2D eigenvalue weighted by atomic mass is 9.89. The van der Waals surface area contributed by atoms with Crippen molar-refractivity contribution in [2.75, 3.05) is 0 Å². The van der Waals surface area contributed by atoms with Gasteiger partial charge in [0.2, 0.25) is 0 Å². The Kier molecular flexibility index (Phi) is 4.48. The Balaban J connectivity index is 1.49. The Labute approximate surface area is 154 Å². The summed E-state index contributed by atoms with van der Waals surface area (Å²) in [4.78, 5) is 7.55. The van der Waals surface area contributed by atoms with Gasteiger partial charge >= 0.3 is 0 Å². The molecule has 4 rings (SSSR count). The largest absolute Gasteiger partial charge is 0.346 e. The third-order valence-corrected chi connectivity index (χ3v) is 5.18. The molecular weight excluding hydrogens is 318 g/mol. The van der Waals surface area contributed by atoms with Crippen LogP contribution in [0.3, 0.4) is 0 Å². The molecule has 2 N–H and O–H groups in total. The molecule has 0 fully saturated rings. The third-order valence-electron chi connectivity index (χ3n) is 5.18. The van der Waals surface area contributed by atoms with Gasteiger partial charge in [0.05, 0.1) is 0 Å². The van der Waals surface area contributed by atoms with Gasteiger partial charge in [-0.25, -0.2) is 4.98 Å². The van der Waals surface area contributed by atoms with Gasteiger partial charge in [-0.15, -0.1) is 0 Å². The third kappa shape index (κ3) is 3.35. The first-order chi connectivity index (χ1) is 12.6. The van der Waals surface area contributed by atoms with Crippen molar-refractivity contribution in [3.05, 3.63) is 78.2 Å². The molecule has 0 radical (unpaired) electrons. The van der Waals surface area contributed by atoms with Crippen molar-refractivity contribution in [3.8, 4) is 11.1 Å². The van der Waals surface area contributed by atoms with E-state index in [0.29, 0.717) is 0 Å². The Morgan fingerprint density at radius 1 is 1.08 bits per heavy atom. The zero-order chi connectivity index (χ0) is 18.0. The molecule has 0 bridgehead atoms. The highest BCUT2D eigenvalue weighted by atomic mass is 15.0. The Hall–Kier alpha value is -2.65. The molecule has 0 spiro atoms. The molecule has 0 atom stereocenters. The summed E-state index contributed by atoms with van der Waals surface area (Å²) in [6.45, 7) is 5.36. The van der Waals surface area contributed by atoms with Gasteiger partial charge in [0.15, 0.2) is 0 Å². The van der Waals surface area contributed by atoms with Crippen LogP contribution in [0.4, 0.5) is 0 Å². The van der Waals surface area contributed by atoms with Crippen molar-refractivity contribution in [2.24, 2.45) is 0 Å². The Morgan fingerprint density at radius 2 is 1.92 bits per heavy atom. The van der Waals surface area contributed by atoms with Crippen LogP contribution in [0.2, 0.25) is 0 Å². The maximum atomic E-state index is 4.37. The number of nitrogens with zero attached hydrogens (tertiary/aromatic N) is 1. The number of aromatic amines is 1. The van der Waals surface area contributed by atoms with Crippen molar-refractivity contribution in [1.82, 2.24) is 15.3 Å². The van der Waals surface area contributed by atoms with Crippen LogP contribution in [0.25, 0.3) is 22.2 Å². The molecule has 0 saturated carbocycles. The van der Waals surface area contributed by atoms with Gasteiger partial charge < -0.3 is 10.3 Å². The number of benzene rings is 1. The van der Waals surface area contributed by atoms with Gasteiger partial charge in [-0.2, -0.15) is 0 Å². The molecule has 2 heterocycles. The van der Waals surface area contributed by atoms with Gasteiger partial charge in [-0.3, -0.25) is 0 Å². The highest BCUT2D eigenvalue weighted by Gasteiger charge is 2.21. The lowest BCUT2D eigenvalue weighted by molar-refractivity contribution is 0.454. The first-order valence-corrected chi connectivity index (χ1v) is 9.27. The molecule has 1 aliphatic rings. The van der Waals surface area contributed by atoms with E-state index >= 15 is 0 Å². The van der Waals surface area contributed by atoms with Crippen molar-refractivity contribution >= 4 is 11.0 Å². The molecule has 0 saturated heterocycles. The van der Waals surface area contributed by atoms with E-state index in [4.69, 9.17) is 0 Å². The predicted molar refractivity (Wildman–Crippen MR) is 109 cm³/mol. The highest BCUT2D eigenvalue weighted by Crippen LogP contribution is 2.27. The normalized spacial score (nSPS) is 14.6. The maximum Gasteiger partial charge on any atom is 0.137 e. The van der Waals surface area contributed by atoms with Crippen LogP contribution in [0, 0.1) is 0 Å². The minimum Gasteiger partial charge on any atom is -0.346 e. The van der Waals surface area contributed by atoms with Crippen molar-refractivity contribution in [3.63, 3.8) is 0 Å². The van der Waals surface area contributed by atoms with E-state index in [1.54, 1.807) is 0 Å². The topological polar surface area (TPSA) is 40.7 Å². The summed E-state index contributed by atoms with van der Waals surface area (Å²) in [6, 6.07) is 13.0. The van der Waals surface area contributed by atoms with Crippen LogP contribution in [0.15, 0.2) is 72.6 Å². The fourth-order valence-electron chi connectivity index (χ4n) is 3.52. The van der Waals surface area contributed by atoms with Crippen LogP contribution in [-0.4, -0.2) is 15.5 Å². The standard InChI is InChI=1S/C23H25N3/c1-23(2,19-6-4-3-5-7-19)26-16-17-8-10-18(11-9-17)20-12-14-24-22-21(20)13-15-25-22/h4,6-15,26H,3,5,16H2,1-2H3,(H,24,25). The number of aromatic nitrogens is 2. The Bertz CT molecular complexity index is 959. The summed E-state index contributed by atoms with van der Waals surface area (Å²) in [5.41, 5.74) is 6.03. The molecule has 2 aromatic heterocycles. The summed E-state index contributed by atoms with van der Waals surface area (Å²) in [6.07, 6.45) is 13.0. The molecule has 26 heavy (non-hydrogen) atoms. The number of hydrogen-bond donors (Lipinski definition) is 2. The van der Waals surface area contributed by atoms with E-state index < -0.39 is 0 Å². The second-order valence-electron chi connectivity index (χ2n) is 7.41. The second-order valence-corrected chi connectivity index (χ2v) is 7.41. The van der Waals surface area contributed by atoms with E-state index in [-0.39, 0.29) is 5.54 Å². The van der Waals surface area contributed by atoms with Crippen molar-refractivity contribution in [1.29, 1.82) is 0 Å². The summed E-state index contributed by atoms with van der Waals surface area (Å²) in [7, 11) is 0. The second kappa shape index (κ2) is 6.93. The number of allylic oxidation sites excluding steroid dienone is 2. The first kappa shape index (κ1) is 16.8. The smallest absolute Gasteiger partial charge is 0.137 e. The molecule has 0 aliphatic heterocycles. The van der Waals surface area contributed by atoms with Gasteiger partial charge in [0, 0.05) is 29.9 Å². The Morgan fingerprint density at radius 3 is 2.69 bits per heavy atom. The van der Waals surface area contributed by atoms with Crippen LogP contribution in [0.5, 0.6) is 0 Å². The van der Waals surface area contributed by atoms with Gasteiger partial charge in [-0.1, -0.05) is 42.5 Å². The SMILES string of the molecule is CC(C)(NCc1ccc(-c2ccnc3[nH]ccc23)cc1)C1=CCCC=C1. The van der Waals surface area contributed by atoms with Crippen LogP contribution < -0.4 is 5.32 Å². The van der Waals surface area contributed by atoms with E-state index in [2.05, 4.69) is 83.8 Å². The molecular formula is C23H25N3. The average Bonchev–Trinajstić information content (AvgIpc) is 3.16. The number of nitrogens with one attached hydrogen (secondary N) is 2. The molecule has 1 aliphatic carbocycles. The first-order valence-electron chi connectivity index (χ1n) is 9.27. The van der Waals surface area contributed by atoms with Gasteiger partial charge in [0.1, 0.15) is 5.65 Å². The molecule has 3 aromatic rings. The van der Waals surface area contributed by atoms with Crippen LogP contribution in [-0.2, 0) is 6.54 Å². The monoisotopic (exact) mass is 343 g/mol. The molecule has 1 aromatic carbocycles. The molecule has 132 valence electrons. The zero-order valence-electron chi connectivity index (χ0n) is 15.4. The summed E-state index contributed by atoms with van der Waals surface area (Å²) < 4.78 is 0. The summed E-state index contributed by atoms with van der Waals surface area (Å²) >= 11 is 0. The summed E-state index contributed by atoms with van der Waals surface area (Å²) in [5, 5.41) is 4.86. The minimum absolute atomic E-state index is 0.0159. The number of fused-ring (bicyclic) bond motifs is 1. The molecule has 3 nitrogen and oxygen atoms in total. The van der Waals surface area contributed by atoms with Crippen LogP contribution >= 0.6 is 0 Å². The number of H-pyrrole nitrogens is 1. The van der Waals surface area contributed by atoms with E-state index in [0.717, 1.165) is 30.4 Å². The summed E-state index contributed by atoms with van der Waals surface area (Å²) in [5.74, 6) is 0. The van der Waals surface area contributed by atoms with Crippen molar-refractivity contribution in [2.45, 2.75) is 38.8 Å². The lowest BCUT2D eigenvalue weighted by Gasteiger charge is -2.29. The number of pyridine rings is 1. The minimum atomic E-state index is -0.0159. The van der Waals surface area contributed by atoms with Crippen molar-refractivity contribution < 1.29 is 0 Å². The van der Waals surface area contributed by atoms with E-state index in [9.17, 15) is 0 Å².